The smallest absolute Gasteiger partial charge is 0.0802 e. The zero-order valence-corrected chi connectivity index (χ0v) is 39.0. The zero-order valence-electron chi connectivity index (χ0n) is 33.0. The van der Waals surface area contributed by atoms with Gasteiger partial charge < -0.3 is 0 Å². The summed E-state index contributed by atoms with van der Waals surface area (Å²) in [4.78, 5) is 0. The summed E-state index contributed by atoms with van der Waals surface area (Å²) in [5.41, 5.74) is 13.4. The third-order valence-electron chi connectivity index (χ3n) is 15.2. The first-order chi connectivity index (χ1) is 19.8. The Hall–Kier alpha value is -0.779. The fourth-order valence-corrected chi connectivity index (χ4v) is 187. The molecule has 0 nitrogen and oxygen atoms in total. The molecule has 0 saturated heterocycles. The Labute approximate surface area is 278 Å². The molecule has 0 radical (unpaired) electrons. The molecule has 0 aromatic carbocycles. The predicted octanol–water partition coefficient (Wildman–Crippen LogP) is 11.9. The fraction of sp³-hybridized carbons (Fsp3) is 0.579. The SMILES string of the molecule is CC1=C(C)[Si]([Si](C)(C)C)([Si]2([Si]3([Si]4([Si](C)(C)C)C(C)=C(C)C(C)=C4C)C(C)=C(C)C(C)=C3C)C(C)=C(C)C(C)=C2C)C(C)=C1C. The molecule has 242 valence electrons. The normalized spacial score (nSPS) is 25.5. The van der Waals surface area contributed by atoms with E-state index in [9.17, 15) is 0 Å². The summed E-state index contributed by atoms with van der Waals surface area (Å²) in [7, 11) is -13.0. The number of hydrogen-bond donors (Lipinski definition) is 0. The molecule has 0 aliphatic carbocycles. The lowest BCUT2D eigenvalue weighted by Crippen LogP contribution is -2.96. The fourth-order valence-electron chi connectivity index (χ4n) is 12.9. The van der Waals surface area contributed by atoms with Gasteiger partial charge in [0.15, 0.2) is 0 Å². The molecule has 4 heterocycles. The molecular weight excluding hydrogens is 625 g/mol. The van der Waals surface area contributed by atoms with Crippen molar-refractivity contribution in [3.63, 3.8) is 0 Å². The van der Waals surface area contributed by atoms with Crippen LogP contribution in [0.15, 0.2) is 86.2 Å². The standard InChI is InChI=1S/C38H66Si6/c1-23-24(2)32(10)41(31(23)9,39(17,18)19)43(35(13)27(5)28(6)36(43)14)44(37(15)29(7)30(8)38(44)16)42(40(20,21)22)33(11)25(3)26(4)34(42)12/h1-22H3. The van der Waals surface area contributed by atoms with Crippen molar-refractivity contribution < 1.29 is 0 Å². The van der Waals surface area contributed by atoms with Gasteiger partial charge in [0, 0.05) is 15.2 Å². The molecule has 0 amide bonds. The molecule has 6 heteroatoms. The third-order valence-corrected chi connectivity index (χ3v) is 117. The second kappa shape index (κ2) is 10.4. The quantitative estimate of drug-likeness (QED) is 0.252. The molecule has 0 fully saturated rings. The minimum atomic E-state index is -2.45. The topological polar surface area (TPSA) is 0 Å². The van der Waals surface area contributed by atoms with Gasteiger partial charge in [-0.2, -0.15) is 0 Å². The Morgan fingerprint density at radius 1 is 0.250 bits per heavy atom. The van der Waals surface area contributed by atoms with Crippen LogP contribution in [-0.2, 0) is 0 Å². The largest absolute Gasteiger partial charge is 0.109 e. The van der Waals surface area contributed by atoms with Gasteiger partial charge in [-0.3, -0.25) is 0 Å². The van der Waals surface area contributed by atoms with E-state index in [1.807, 2.05) is 41.6 Å². The van der Waals surface area contributed by atoms with Gasteiger partial charge in [0.1, 0.15) is 28.4 Å². The minimum Gasteiger partial charge on any atom is -0.0802 e. The van der Waals surface area contributed by atoms with E-state index in [1.165, 1.54) is 0 Å². The van der Waals surface area contributed by atoms with Crippen molar-refractivity contribution in [2.45, 2.75) is 150 Å². The summed E-state index contributed by atoms with van der Waals surface area (Å²) in [5, 5.41) is 15.4. The molecule has 4 aliphatic heterocycles. The maximum atomic E-state index is 2.84. The van der Waals surface area contributed by atoms with Crippen LogP contribution >= 0.6 is 0 Å². The van der Waals surface area contributed by atoms with E-state index in [1.54, 1.807) is 44.6 Å². The van der Waals surface area contributed by atoms with E-state index < -0.39 is 43.6 Å². The highest BCUT2D eigenvalue weighted by molar-refractivity contribution is 8.05. The second-order valence-electron chi connectivity index (χ2n) is 17.5. The van der Waals surface area contributed by atoms with E-state index in [-0.39, 0.29) is 0 Å². The van der Waals surface area contributed by atoms with Crippen LogP contribution in [0, 0.1) is 0 Å². The van der Waals surface area contributed by atoms with Gasteiger partial charge in [0.25, 0.3) is 0 Å². The first-order valence-electron chi connectivity index (χ1n) is 17.2. The van der Waals surface area contributed by atoms with Crippen LogP contribution in [0.1, 0.15) is 111 Å². The molecule has 0 bridgehead atoms. The van der Waals surface area contributed by atoms with Crippen molar-refractivity contribution >= 4 is 43.6 Å². The van der Waals surface area contributed by atoms with Crippen LogP contribution in [0.3, 0.4) is 0 Å². The van der Waals surface area contributed by atoms with Crippen molar-refractivity contribution in [1.29, 1.82) is 0 Å². The summed E-state index contributed by atoms with van der Waals surface area (Å²) in [6.07, 6.45) is 0. The van der Waals surface area contributed by atoms with Crippen molar-refractivity contribution in [2.75, 3.05) is 0 Å². The summed E-state index contributed by atoms with van der Waals surface area (Å²) >= 11 is 0. The third kappa shape index (κ3) is 3.39. The average Bonchev–Trinajstić information content (AvgIpc) is 3.37. The van der Waals surface area contributed by atoms with Gasteiger partial charge in [0.2, 0.25) is 0 Å². The van der Waals surface area contributed by atoms with Crippen LogP contribution in [0.4, 0.5) is 0 Å². The highest BCUT2D eigenvalue weighted by Crippen LogP contribution is 2.67. The number of hydrogen-bond acceptors (Lipinski definition) is 0. The van der Waals surface area contributed by atoms with E-state index >= 15 is 0 Å². The Morgan fingerprint density at radius 2 is 0.386 bits per heavy atom. The number of rotatable bonds is 5. The lowest BCUT2D eigenvalue weighted by molar-refractivity contribution is 1.31. The van der Waals surface area contributed by atoms with Crippen molar-refractivity contribution in [1.82, 2.24) is 0 Å². The molecular formula is C38H66Si6. The van der Waals surface area contributed by atoms with Gasteiger partial charge >= 0.3 is 0 Å². The molecule has 0 atom stereocenters. The lowest BCUT2D eigenvalue weighted by atomic mass is 10.1. The molecule has 0 aromatic heterocycles. The van der Waals surface area contributed by atoms with Gasteiger partial charge in [-0.05, 0) is 111 Å². The summed E-state index contributed by atoms with van der Waals surface area (Å²) in [5.74, 6) is 0. The molecule has 0 unspecified atom stereocenters. The molecule has 0 spiro atoms. The average molecular weight is 691 g/mol. The molecule has 0 N–H and O–H groups in total. The number of allylic oxidation sites excluding steroid dienone is 16. The highest BCUT2D eigenvalue weighted by atomic mass is 30.0. The van der Waals surface area contributed by atoms with Crippen LogP contribution in [-0.4, -0.2) is 43.6 Å². The minimum absolute atomic E-state index is 1.67. The molecule has 4 rings (SSSR count). The Kier molecular flexibility index (Phi) is 8.49. The molecule has 4 aliphatic rings. The van der Waals surface area contributed by atoms with Crippen molar-refractivity contribution in [3.05, 3.63) is 86.2 Å². The summed E-state index contributed by atoms with van der Waals surface area (Å²) in [6, 6.07) is 0. The summed E-state index contributed by atoms with van der Waals surface area (Å²) < 4.78 is 0. The van der Waals surface area contributed by atoms with E-state index in [2.05, 4.69) is 150 Å². The molecule has 44 heavy (non-hydrogen) atoms. The lowest BCUT2D eigenvalue weighted by Gasteiger charge is -2.69. The van der Waals surface area contributed by atoms with Gasteiger partial charge in [0.05, 0.1) is 0 Å². The van der Waals surface area contributed by atoms with Crippen LogP contribution < -0.4 is 0 Å². The van der Waals surface area contributed by atoms with Crippen molar-refractivity contribution in [2.24, 2.45) is 0 Å². The van der Waals surface area contributed by atoms with Crippen LogP contribution in [0.2, 0.25) is 39.3 Å². The maximum Gasteiger partial charge on any atom is 0.109 e. The first-order valence-corrected chi connectivity index (χ1v) is 37.2. The van der Waals surface area contributed by atoms with E-state index in [0.717, 1.165) is 0 Å². The van der Waals surface area contributed by atoms with Crippen LogP contribution in [0.25, 0.3) is 0 Å². The van der Waals surface area contributed by atoms with Crippen molar-refractivity contribution in [3.8, 4) is 0 Å². The zero-order chi connectivity index (χ0) is 34.2. The monoisotopic (exact) mass is 690 g/mol. The Balaban J connectivity index is 2.63. The highest BCUT2D eigenvalue weighted by Gasteiger charge is 2.84. The van der Waals surface area contributed by atoms with Gasteiger partial charge in [-0.25, -0.2) is 0 Å². The Morgan fingerprint density at radius 3 is 0.523 bits per heavy atom. The predicted molar refractivity (Wildman–Crippen MR) is 217 cm³/mol. The van der Waals surface area contributed by atoms with Gasteiger partial charge in [-0.1, -0.05) is 125 Å². The second-order valence-corrected chi connectivity index (χ2v) is 71.5. The molecule has 0 aromatic rings. The maximum absolute atomic E-state index is 2.84. The van der Waals surface area contributed by atoms with E-state index in [4.69, 9.17) is 0 Å². The van der Waals surface area contributed by atoms with Crippen LogP contribution in [0.5, 0.6) is 0 Å². The first kappa shape index (κ1) is 36.1. The van der Waals surface area contributed by atoms with Gasteiger partial charge in [-0.15, -0.1) is 0 Å². The van der Waals surface area contributed by atoms with E-state index in [0.29, 0.717) is 0 Å². The summed E-state index contributed by atoms with van der Waals surface area (Å²) in [6.45, 7) is 59.0. The Bertz CT molecular complexity index is 1440. The molecule has 0 saturated carbocycles.